The fraction of sp³-hybridized carbons (Fsp3) is 0.400. The molecule has 1 aliphatic heterocycles. The quantitative estimate of drug-likeness (QED) is 0.608. The lowest BCUT2D eigenvalue weighted by Gasteiger charge is -2.22. The fourth-order valence-corrected chi connectivity index (χ4v) is 4.78. The van der Waals surface area contributed by atoms with Crippen molar-refractivity contribution < 1.29 is 33.0 Å². The lowest BCUT2D eigenvalue weighted by Crippen LogP contribution is -2.44. The van der Waals surface area contributed by atoms with Gasteiger partial charge in [0.1, 0.15) is 12.6 Å². The predicted molar refractivity (Wildman–Crippen MR) is 120 cm³/mol. The molecule has 0 radical (unpaired) electrons. The predicted octanol–water partition coefficient (Wildman–Crippen LogP) is 3.87. The Morgan fingerprint density at radius 3 is 2.26 bits per heavy atom. The number of carbonyl (C=O) groups is 3. The lowest BCUT2D eigenvalue weighted by atomic mass is 9.98. The summed E-state index contributed by atoms with van der Waals surface area (Å²) in [5.74, 6) is -1.90. The van der Waals surface area contributed by atoms with Crippen LogP contribution in [0.4, 0.5) is 13.6 Å². The zero-order valence-corrected chi connectivity index (χ0v) is 18.5. The van der Waals surface area contributed by atoms with Gasteiger partial charge in [0.15, 0.2) is 0 Å². The molecule has 1 fully saturated rings. The molecule has 2 aromatic rings. The number of hydrogen-bond donors (Lipinski definition) is 2. The number of amides is 2. The molecule has 180 valence electrons. The highest BCUT2D eigenvalue weighted by atomic mass is 19.3. The van der Waals surface area contributed by atoms with Gasteiger partial charge in [-0.3, -0.25) is 9.59 Å². The van der Waals surface area contributed by atoms with Crippen LogP contribution in [0.3, 0.4) is 0 Å². The number of rotatable bonds is 8. The summed E-state index contributed by atoms with van der Waals surface area (Å²) in [6, 6.07) is 13.9. The van der Waals surface area contributed by atoms with Crippen LogP contribution in [0.5, 0.6) is 0 Å². The van der Waals surface area contributed by atoms with E-state index in [-0.39, 0.29) is 31.4 Å². The number of alkyl carbamates (subject to hydrolysis) is 1. The third kappa shape index (κ3) is 5.18. The summed E-state index contributed by atoms with van der Waals surface area (Å²) in [7, 11) is 0. The second-order valence-electron chi connectivity index (χ2n) is 8.71. The first-order valence-corrected chi connectivity index (χ1v) is 11.2. The molecule has 9 heteroatoms. The largest absolute Gasteiger partial charge is 0.481 e. The van der Waals surface area contributed by atoms with Gasteiger partial charge < -0.3 is 20.1 Å². The first-order chi connectivity index (χ1) is 16.3. The number of fused-ring (bicyclic) bond motifs is 3. The molecule has 1 saturated heterocycles. The Hall–Kier alpha value is -3.49. The van der Waals surface area contributed by atoms with Crippen molar-refractivity contribution in [3.05, 3.63) is 59.7 Å². The van der Waals surface area contributed by atoms with Crippen LogP contribution in [0.25, 0.3) is 11.1 Å². The van der Waals surface area contributed by atoms with Crippen molar-refractivity contribution in [2.45, 2.75) is 37.6 Å². The summed E-state index contributed by atoms with van der Waals surface area (Å²) in [5.41, 5.74) is 4.11. The van der Waals surface area contributed by atoms with Gasteiger partial charge in [0.25, 0.3) is 6.43 Å². The van der Waals surface area contributed by atoms with Crippen molar-refractivity contribution in [2.75, 3.05) is 19.7 Å². The van der Waals surface area contributed by atoms with Gasteiger partial charge in [-0.2, -0.15) is 0 Å². The van der Waals surface area contributed by atoms with E-state index < -0.39 is 36.9 Å². The van der Waals surface area contributed by atoms with E-state index in [0.29, 0.717) is 13.0 Å². The Morgan fingerprint density at radius 2 is 1.68 bits per heavy atom. The minimum atomic E-state index is -2.96. The maximum absolute atomic E-state index is 13.6. The number of alkyl halides is 2. The van der Waals surface area contributed by atoms with E-state index in [4.69, 9.17) is 9.84 Å². The molecule has 34 heavy (non-hydrogen) atoms. The van der Waals surface area contributed by atoms with E-state index in [0.717, 1.165) is 22.3 Å². The molecule has 1 heterocycles. The molecule has 2 N–H and O–H groups in total. The molecule has 0 spiro atoms. The Morgan fingerprint density at radius 1 is 1.06 bits per heavy atom. The average molecular weight is 472 g/mol. The van der Waals surface area contributed by atoms with Gasteiger partial charge in [-0.15, -0.1) is 0 Å². The fourth-order valence-electron chi connectivity index (χ4n) is 4.78. The van der Waals surface area contributed by atoms with Gasteiger partial charge in [0.2, 0.25) is 5.91 Å². The summed E-state index contributed by atoms with van der Waals surface area (Å²) in [4.78, 5) is 37.1. The number of carboxylic acids is 1. The number of halogens is 2. The number of carbonyl (C=O) groups excluding carboxylic acids is 2. The molecule has 4 rings (SSSR count). The van der Waals surface area contributed by atoms with Crippen LogP contribution < -0.4 is 5.32 Å². The summed E-state index contributed by atoms with van der Waals surface area (Å²) in [6.45, 7) is 0.510. The standard InChI is InChI=1S/C25H26F2N2O5/c26-24(27)21(12-22(30)29-10-9-15(13-29)11-23(31)32)28-25(33)34-14-20-18-7-3-1-5-16(18)17-6-2-4-8-19(17)20/h1-8,15,20-21,24H,9-14H2,(H,28,33)(H,31,32). The molecule has 2 atom stereocenters. The lowest BCUT2D eigenvalue weighted by molar-refractivity contribution is -0.138. The minimum absolute atomic E-state index is 0.0211. The number of likely N-dealkylation sites (tertiary alicyclic amines) is 1. The molecule has 2 unspecified atom stereocenters. The zero-order valence-electron chi connectivity index (χ0n) is 18.5. The third-order valence-electron chi connectivity index (χ3n) is 6.45. The topological polar surface area (TPSA) is 95.9 Å². The Kier molecular flexibility index (Phi) is 7.09. The Bertz CT molecular complexity index is 1030. The van der Waals surface area contributed by atoms with Crippen molar-refractivity contribution >= 4 is 18.0 Å². The molecule has 1 aliphatic carbocycles. The van der Waals surface area contributed by atoms with Crippen LogP contribution in [0.1, 0.15) is 36.3 Å². The number of nitrogens with zero attached hydrogens (tertiary/aromatic N) is 1. The van der Waals surface area contributed by atoms with Crippen molar-refractivity contribution in [1.29, 1.82) is 0 Å². The number of nitrogens with one attached hydrogen (secondary N) is 1. The van der Waals surface area contributed by atoms with Crippen molar-refractivity contribution in [3.8, 4) is 11.1 Å². The van der Waals surface area contributed by atoms with Crippen LogP contribution in [-0.2, 0) is 14.3 Å². The first kappa shape index (κ1) is 23.7. The first-order valence-electron chi connectivity index (χ1n) is 11.2. The smallest absolute Gasteiger partial charge is 0.407 e. The van der Waals surface area contributed by atoms with Gasteiger partial charge in [0, 0.05) is 25.4 Å². The molecule has 2 aromatic carbocycles. The number of aliphatic carboxylic acids is 1. The van der Waals surface area contributed by atoms with Gasteiger partial charge in [-0.05, 0) is 34.6 Å². The molecule has 0 saturated carbocycles. The number of carboxylic acid groups (broad SMARTS) is 1. The maximum Gasteiger partial charge on any atom is 0.407 e. The van der Waals surface area contributed by atoms with Gasteiger partial charge >= 0.3 is 12.1 Å². The molecule has 2 aliphatic rings. The molecule has 2 amide bonds. The monoisotopic (exact) mass is 472 g/mol. The highest BCUT2D eigenvalue weighted by Crippen LogP contribution is 2.44. The minimum Gasteiger partial charge on any atom is -0.481 e. The van der Waals surface area contributed by atoms with Crippen molar-refractivity contribution in [3.63, 3.8) is 0 Å². The van der Waals surface area contributed by atoms with Crippen molar-refractivity contribution in [2.24, 2.45) is 5.92 Å². The Labute approximate surface area is 195 Å². The summed E-state index contributed by atoms with van der Waals surface area (Å²) >= 11 is 0. The molecule has 0 aromatic heterocycles. The van der Waals surface area contributed by atoms with E-state index in [1.165, 1.54) is 4.90 Å². The second kappa shape index (κ2) is 10.2. The van der Waals surface area contributed by atoms with Crippen LogP contribution in [0, 0.1) is 5.92 Å². The van der Waals surface area contributed by atoms with Crippen LogP contribution in [-0.4, -0.2) is 60.1 Å². The summed E-state index contributed by atoms with van der Waals surface area (Å²) in [5, 5.41) is 11.0. The zero-order chi connectivity index (χ0) is 24.2. The average Bonchev–Trinajstić information content (AvgIpc) is 3.39. The van der Waals surface area contributed by atoms with Crippen LogP contribution in [0.15, 0.2) is 48.5 Å². The van der Waals surface area contributed by atoms with Crippen LogP contribution in [0.2, 0.25) is 0 Å². The van der Waals surface area contributed by atoms with E-state index >= 15 is 0 Å². The summed E-state index contributed by atoms with van der Waals surface area (Å²) < 4.78 is 32.5. The highest BCUT2D eigenvalue weighted by molar-refractivity contribution is 5.80. The van der Waals surface area contributed by atoms with Gasteiger partial charge in [-0.1, -0.05) is 48.5 Å². The Balaban J connectivity index is 1.33. The van der Waals surface area contributed by atoms with Gasteiger partial charge in [0.05, 0.1) is 6.42 Å². The number of hydrogen-bond acceptors (Lipinski definition) is 4. The van der Waals surface area contributed by atoms with E-state index in [2.05, 4.69) is 5.32 Å². The molecular formula is C25H26F2N2O5. The molecule has 0 bridgehead atoms. The van der Waals surface area contributed by atoms with E-state index in [1.54, 1.807) is 0 Å². The number of ether oxygens (including phenoxy) is 1. The van der Waals surface area contributed by atoms with E-state index in [9.17, 15) is 23.2 Å². The second-order valence-corrected chi connectivity index (χ2v) is 8.71. The summed E-state index contributed by atoms with van der Waals surface area (Å²) in [6.07, 6.45) is -4.11. The van der Waals surface area contributed by atoms with E-state index in [1.807, 2.05) is 48.5 Å². The van der Waals surface area contributed by atoms with Crippen LogP contribution >= 0.6 is 0 Å². The van der Waals surface area contributed by atoms with Crippen molar-refractivity contribution in [1.82, 2.24) is 10.2 Å². The SMILES string of the molecule is O=C(O)CC1CCN(C(=O)CC(NC(=O)OCC2c3ccccc3-c3ccccc32)C(F)F)C1. The highest BCUT2D eigenvalue weighted by Gasteiger charge is 2.33. The maximum atomic E-state index is 13.6. The molecule has 7 nitrogen and oxygen atoms in total. The van der Waals surface area contributed by atoms with Gasteiger partial charge in [-0.25, -0.2) is 13.6 Å². The normalized spacial score (nSPS) is 17.9. The number of benzene rings is 2. The third-order valence-corrected chi connectivity index (χ3v) is 6.45. The molecular weight excluding hydrogens is 446 g/mol.